The van der Waals surface area contributed by atoms with Crippen LogP contribution in [0.15, 0.2) is 0 Å². The Kier molecular flexibility index (Phi) is 7.17. The second-order valence-electron chi connectivity index (χ2n) is 6.60. The fourth-order valence-electron chi connectivity index (χ4n) is 1.21. The van der Waals surface area contributed by atoms with Crippen LogP contribution in [0.25, 0.3) is 0 Å². The van der Waals surface area contributed by atoms with Gasteiger partial charge in [0.25, 0.3) is 0 Å². The zero-order chi connectivity index (χ0) is 13.7. The highest BCUT2D eigenvalue weighted by atomic mass is 28.4. The lowest BCUT2D eigenvalue weighted by atomic mass is 10.4. The minimum absolute atomic E-state index is 0.141. The molecule has 0 radical (unpaired) electrons. The first-order valence-electron chi connectivity index (χ1n) is 6.43. The van der Waals surface area contributed by atoms with E-state index in [1.54, 1.807) is 0 Å². The summed E-state index contributed by atoms with van der Waals surface area (Å²) in [6, 6.07) is 0. The molecule has 0 amide bonds. The van der Waals surface area contributed by atoms with Crippen molar-refractivity contribution in [3.8, 4) is 0 Å². The number of hydrogen-bond acceptors (Lipinski definition) is 3. The minimum Gasteiger partial charge on any atom is -0.415 e. The Bertz CT molecular complexity index is 187. The van der Waals surface area contributed by atoms with Gasteiger partial charge in [0, 0.05) is 0 Å². The second kappa shape index (κ2) is 7.04. The molecule has 0 aliphatic rings. The van der Waals surface area contributed by atoms with Crippen LogP contribution in [0.5, 0.6) is 0 Å². The van der Waals surface area contributed by atoms with Crippen molar-refractivity contribution in [3.05, 3.63) is 0 Å². The monoisotopic (exact) mass is 278 g/mol. The molecule has 0 saturated heterocycles. The highest BCUT2D eigenvalue weighted by Gasteiger charge is 2.19. The Balaban J connectivity index is 3.77. The van der Waals surface area contributed by atoms with E-state index in [1.165, 1.54) is 0 Å². The van der Waals surface area contributed by atoms with Crippen molar-refractivity contribution in [1.29, 1.82) is 0 Å². The standard InChI is InChI=1S/C12H30O3Si2/c1-11(9-13-16(3,4)5)15-12(2)10-14-17(6,7)8/h11-12H,9-10H2,1-8H3. The van der Waals surface area contributed by atoms with Gasteiger partial charge in [0.15, 0.2) is 16.6 Å². The van der Waals surface area contributed by atoms with Crippen molar-refractivity contribution in [2.45, 2.75) is 65.3 Å². The molecule has 104 valence electrons. The zero-order valence-electron chi connectivity index (χ0n) is 12.8. The molecule has 3 nitrogen and oxygen atoms in total. The molecule has 0 heterocycles. The Morgan fingerprint density at radius 3 is 1.24 bits per heavy atom. The van der Waals surface area contributed by atoms with Gasteiger partial charge in [-0.3, -0.25) is 0 Å². The van der Waals surface area contributed by atoms with Crippen LogP contribution in [0.2, 0.25) is 39.3 Å². The number of hydrogen-bond donors (Lipinski definition) is 0. The van der Waals surface area contributed by atoms with Crippen molar-refractivity contribution in [1.82, 2.24) is 0 Å². The summed E-state index contributed by atoms with van der Waals surface area (Å²) >= 11 is 0. The highest BCUT2D eigenvalue weighted by Crippen LogP contribution is 2.08. The molecule has 0 saturated carbocycles. The van der Waals surface area contributed by atoms with Gasteiger partial charge in [-0.25, -0.2) is 0 Å². The van der Waals surface area contributed by atoms with E-state index in [0.717, 1.165) is 0 Å². The van der Waals surface area contributed by atoms with Gasteiger partial charge in [0.05, 0.1) is 25.4 Å². The SMILES string of the molecule is CC(CO[Si](C)(C)C)OC(C)CO[Si](C)(C)C. The fourth-order valence-corrected chi connectivity index (χ4v) is 2.68. The van der Waals surface area contributed by atoms with Gasteiger partial charge < -0.3 is 13.6 Å². The van der Waals surface area contributed by atoms with Gasteiger partial charge in [-0.1, -0.05) is 0 Å². The van der Waals surface area contributed by atoms with E-state index in [-0.39, 0.29) is 12.2 Å². The number of ether oxygens (including phenoxy) is 1. The summed E-state index contributed by atoms with van der Waals surface area (Å²) in [7, 11) is -2.85. The molecule has 0 aliphatic heterocycles. The van der Waals surface area contributed by atoms with Crippen LogP contribution in [0.4, 0.5) is 0 Å². The molecular weight excluding hydrogens is 248 g/mol. The lowest BCUT2D eigenvalue weighted by Gasteiger charge is -2.25. The van der Waals surface area contributed by atoms with E-state index >= 15 is 0 Å². The van der Waals surface area contributed by atoms with Gasteiger partial charge in [0.1, 0.15) is 0 Å². The predicted octanol–water partition coefficient (Wildman–Crippen LogP) is 3.48. The van der Waals surface area contributed by atoms with E-state index in [9.17, 15) is 0 Å². The Morgan fingerprint density at radius 1 is 0.706 bits per heavy atom. The normalized spacial score (nSPS) is 16.9. The molecular formula is C12H30O3Si2. The smallest absolute Gasteiger partial charge is 0.183 e. The zero-order valence-corrected chi connectivity index (χ0v) is 14.8. The first-order chi connectivity index (χ1) is 7.49. The molecule has 5 heteroatoms. The molecule has 17 heavy (non-hydrogen) atoms. The average Bonchev–Trinajstić information content (AvgIpc) is 2.09. The maximum absolute atomic E-state index is 5.84. The van der Waals surface area contributed by atoms with Crippen LogP contribution < -0.4 is 0 Å². The van der Waals surface area contributed by atoms with Crippen LogP contribution in [0, 0.1) is 0 Å². The third kappa shape index (κ3) is 12.6. The molecule has 0 aromatic carbocycles. The van der Waals surface area contributed by atoms with Crippen LogP contribution >= 0.6 is 0 Å². The van der Waals surface area contributed by atoms with E-state index in [0.29, 0.717) is 13.2 Å². The molecule has 0 aliphatic carbocycles. The molecule has 0 N–H and O–H groups in total. The lowest BCUT2D eigenvalue weighted by molar-refractivity contribution is -0.0361. The highest BCUT2D eigenvalue weighted by molar-refractivity contribution is 6.70. The second-order valence-corrected chi connectivity index (χ2v) is 15.6. The quantitative estimate of drug-likeness (QED) is 0.636. The molecule has 0 aromatic heterocycles. The fraction of sp³-hybridized carbons (Fsp3) is 1.00. The topological polar surface area (TPSA) is 27.7 Å². The van der Waals surface area contributed by atoms with Crippen molar-refractivity contribution < 1.29 is 13.6 Å². The van der Waals surface area contributed by atoms with Crippen LogP contribution in [-0.4, -0.2) is 42.1 Å². The number of rotatable bonds is 8. The van der Waals surface area contributed by atoms with Gasteiger partial charge in [-0.05, 0) is 53.1 Å². The molecule has 0 bridgehead atoms. The molecule has 2 atom stereocenters. The largest absolute Gasteiger partial charge is 0.415 e. The molecule has 0 spiro atoms. The van der Waals surface area contributed by atoms with Crippen molar-refractivity contribution in [2.75, 3.05) is 13.2 Å². The summed E-state index contributed by atoms with van der Waals surface area (Å²) in [6.45, 7) is 18.6. The van der Waals surface area contributed by atoms with Crippen molar-refractivity contribution in [3.63, 3.8) is 0 Å². The summed E-state index contributed by atoms with van der Waals surface area (Å²) in [4.78, 5) is 0. The average molecular weight is 279 g/mol. The van der Waals surface area contributed by atoms with Gasteiger partial charge in [-0.15, -0.1) is 0 Å². The Hall–Kier alpha value is 0.314. The van der Waals surface area contributed by atoms with E-state index in [1.807, 2.05) is 0 Å². The molecule has 0 fully saturated rings. The van der Waals surface area contributed by atoms with E-state index in [2.05, 4.69) is 53.1 Å². The van der Waals surface area contributed by atoms with Crippen molar-refractivity contribution >= 4 is 16.6 Å². The van der Waals surface area contributed by atoms with Crippen molar-refractivity contribution in [2.24, 2.45) is 0 Å². The predicted molar refractivity (Wildman–Crippen MR) is 78.6 cm³/mol. The Morgan fingerprint density at radius 2 is 1.00 bits per heavy atom. The summed E-state index contributed by atoms with van der Waals surface area (Å²) in [6.07, 6.45) is 0.281. The third-order valence-electron chi connectivity index (χ3n) is 1.97. The molecule has 2 unspecified atom stereocenters. The first kappa shape index (κ1) is 17.3. The maximum atomic E-state index is 5.84. The van der Waals surface area contributed by atoms with E-state index in [4.69, 9.17) is 13.6 Å². The minimum atomic E-state index is -1.42. The van der Waals surface area contributed by atoms with Gasteiger partial charge in [-0.2, -0.15) is 0 Å². The van der Waals surface area contributed by atoms with Crippen LogP contribution in [0.3, 0.4) is 0 Å². The third-order valence-corrected chi connectivity index (χ3v) is 4.03. The summed E-state index contributed by atoms with van der Waals surface area (Å²) in [5.74, 6) is 0. The van der Waals surface area contributed by atoms with Gasteiger partial charge >= 0.3 is 0 Å². The van der Waals surface area contributed by atoms with E-state index < -0.39 is 16.6 Å². The molecule has 0 aromatic rings. The van der Waals surface area contributed by atoms with Crippen LogP contribution in [-0.2, 0) is 13.6 Å². The van der Waals surface area contributed by atoms with Gasteiger partial charge in [0.2, 0.25) is 0 Å². The summed E-state index contributed by atoms with van der Waals surface area (Å²) in [5, 5.41) is 0. The molecule has 0 rings (SSSR count). The van der Waals surface area contributed by atoms with Crippen LogP contribution in [0.1, 0.15) is 13.8 Å². The lowest BCUT2D eigenvalue weighted by Crippen LogP contribution is -2.34. The summed E-state index contributed by atoms with van der Waals surface area (Å²) < 4.78 is 17.5. The Labute approximate surface area is 109 Å². The summed E-state index contributed by atoms with van der Waals surface area (Å²) in [5.41, 5.74) is 0. The first-order valence-corrected chi connectivity index (χ1v) is 13.2. The maximum Gasteiger partial charge on any atom is 0.183 e.